The predicted octanol–water partition coefficient (Wildman–Crippen LogP) is 4.88. The van der Waals surface area contributed by atoms with Crippen LogP contribution in [0.5, 0.6) is 11.5 Å². The van der Waals surface area contributed by atoms with Crippen molar-refractivity contribution in [2.75, 3.05) is 50.0 Å². The Balaban J connectivity index is 1.07. The van der Waals surface area contributed by atoms with Crippen molar-refractivity contribution < 1.29 is 19.4 Å². The van der Waals surface area contributed by atoms with E-state index in [2.05, 4.69) is 26.9 Å². The third-order valence-electron chi connectivity index (χ3n) is 7.90. The van der Waals surface area contributed by atoms with Crippen LogP contribution >= 0.6 is 11.6 Å². The lowest BCUT2D eigenvalue weighted by Crippen LogP contribution is -2.48. The molecule has 6 rings (SSSR count). The highest BCUT2D eigenvalue weighted by Crippen LogP contribution is 2.38. The number of hydrogen-bond acceptors (Lipinski definition) is 8. The number of fused-ring (bicyclic) bond motifs is 3. The average molecular weight is 600 g/mol. The summed E-state index contributed by atoms with van der Waals surface area (Å²) in [6.45, 7) is 5.23. The van der Waals surface area contributed by atoms with Gasteiger partial charge in [0.2, 0.25) is 5.95 Å². The molecule has 10 heteroatoms. The molecule has 1 saturated heterocycles. The smallest absolute Gasteiger partial charge is 0.307 e. The summed E-state index contributed by atoms with van der Waals surface area (Å²) in [5.74, 6) is 1.89. The molecule has 0 bridgehead atoms. The molecular formula is C33H34ClN5O4. The molecule has 3 N–H and O–H groups in total. The molecule has 0 radical (unpaired) electrons. The lowest BCUT2D eigenvalue weighted by molar-refractivity contribution is -0.136. The number of nitrogens with two attached hydrogens (primary N) is 1. The van der Waals surface area contributed by atoms with E-state index in [0.29, 0.717) is 24.0 Å². The molecule has 1 fully saturated rings. The molecule has 1 aromatic heterocycles. The third-order valence-corrected chi connectivity index (χ3v) is 8.15. The number of anilines is 2. The number of carboxylic acid groups (broad SMARTS) is 1. The number of benzene rings is 3. The molecular weight excluding hydrogens is 566 g/mol. The molecule has 43 heavy (non-hydrogen) atoms. The average Bonchev–Trinajstić information content (AvgIpc) is 3.00. The lowest BCUT2D eigenvalue weighted by Gasteiger charge is -2.37. The Morgan fingerprint density at radius 3 is 2.49 bits per heavy atom. The zero-order valence-corrected chi connectivity index (χ0v) is 24.6. The molecule has 0 saturated carbocycles. The number of aromatic nitrogens is 2. The number of piperazine rings is 1. The summed E-state index contributed by atoms with van der Waals surface area (Å²) >= 11 is 6.00. The second-order valence-electron chi connectivity index (χ2n) is 10.9. The molecule has 2 heterocycles. The van der Waals surface area contributed by atoms with Gasteiger partial charge in [0.25, 0.3) is 0 Å². The summed E-state index contributed by atoms with van der Waals surface area (Å²) in [4.78, 5) is 25.1. The monoisotopic (exact) mass is 599 g/mol. The summed E-state index contributed by atoms with van der Waals surface area (Å²) in [6, 6.07) is 21.1. The molecule has 9 nitrogen and oxygen atoms in total. The van der Waals surface area contributed by atoms with Crippen molar-refractivity contribution in [2.45, 2.75) is 25.9 Å². The van der Waals surface area contributed by atoms with Crippen molar-refractivity contribution in [3.05, 3.63) is 94.0 Å². The maximum atomic E-state index is 11.0. The van der Waals surface area contributed by atoms with E-state index in [1.807, 2.05) is 42.5 Å². The van der Waals surface area contributed by atoms with Crippen LogP contribution < -0.4 is 20.1 Å². The van der Waals surface area contributed by atoms with E-state index in [4.69, 9.17) is 36.9 Å². The Morgan fingerprint density at radius 1 is 0.907 bits per heavy atom. The van der Waals surface area contributed by atoms with E-state index >= 15 is 0 Å². The number of aryl methyl sites for hydroxylation is 1. The van der Waals surface area contributed by atoms with Gasteiger partial charge in [0.05, 0.1) is 12.1 Å². The van der Waals surface area contributed by atoms with E-state index < -0.39 is 5.97 Å². The predicted molar refractivity (Wildman–Crippen MR) is 167 cm³/mol. The van der Waals surface area contributed by atoms with Crippen LogP contribution in [0.1, 0.15) is 22.3 Å². The third kappa shape index (κ3) is 7.01. The molecule has 222 valence electrons. The minimum atomic E-state index is -0.851. The van der Waals surface area contributed by atoms with Crippen LogP contribution in [0.2, 0.25) is 5.02 Å². The van der Waals surface area contributed by atoms with Gasteiger partial charge in [-0.05, 0) is 72.0 Å². The van der Waals surface area contributed by atoms with Crippen LogP contribution in [-0.2, 0) is 30.7 Å². The Bertz CT molecular complexity index is 1610. The molecule has 0 unspecified atom stereocenters. The molecule has 2 aliphatic rings. The van der Waals surface area contributed by atoms with E-state index in [1.54, 1.807) is 12.1 Å². The quantitative estimate of drug-likeness (QED) is 0.263. The van der Waals surface area contributed by atoms with Crippen molar-refractivity contribution in [3.63, 3.8) is 0 Å². The summed E-state index contributed by atoms with van der Waals surface area (Å²) in [6.07, 6.45) is 1.71. The number of nitrogens with zero attached hydrogens (tertiary/aromatic N) is 4. The fourth-order valence-corrected chi connectivity index (χ4v) is 5.83. The first kappa shape index (κ1) is 28.8. The van der Waals surface area contributed by atoms with Gasteiger partial charge in [-0.15, -0.1) is 0 Å². The zero-order chi connectivity index (χ0) is 29.8. The normalized spacial score (nSPS) is 14.6. The first-order valence-electron chi connectivity index (χ1n) is 14.5. The van der Waals surface area contributed by atoms with Crippen molar-refractivity contribution >= 4 is 29.3 Å². The van der Waals surface area contributed by atoms with E-state index in [0.717, 1.165) is 85.1 Å². The van der Waals surface area contributed by atoms with Gasteiger partial charge in [-0.25, -0.2) is 4.98 Å². The zero-order valence-electron chi connectivity index (χ0n) is 23.8. The van der Waals surface area contributed by atoms with E-state index in [1.165, 1.54) is 5.56 Å². The number of carboxylic acids is 1. The van der Waals surface area contributed by atoms with Gasteiger partial charge < -0.3 is 25.2 Å². The van der Waals surface area contributed by atoms with Crippen molar-refractivity contribution in [2.24, 2.45) is 0 Å². The van der Waals surface area contributed by atoms with Gasteiger partial charge in [0, 0.05) is 48.9 Å². The maximum absolute atomic E-state index is 11.0. The number of hydrogen-bond donors (Lipinski definition) is 2. The number of rotatable bonds is 10. The summed E-state index contributed by atoms with van der Waals surface area (Å²) < 4.78 is 12.0. The Hall–Kier alpha value is -4.34. The number of carbonyl (C=O) groups is 1. The van der Waals surface area contributed by atoms with Crippen molar-refractivity contribution in [1.29, 1.82) is 0 Å². The van der Waals surface area contributed by atoms with E-state index in [9.17, 15) is 4.79 Å². The number of ether oxygens (including phenoxy) is 2. The molecule has 1 aliphatic carbocycles. The van der Waals surface area contributed by atoms with Gasteiger partial charge in [-0.2, -0.15) is 4.98 Å². The number of halogens is 1. The van der Waals surface area contributed by atoms with Crippen molar-refractivity contribution in [3.8, 4) is 22.8 Å². The molecule has 0 spiro atoms. The largest absolute Gasteiger partial charge is 0.492 e. The van der Waals surface area contributed by atoms with E-state index in [-0.39, 0.29) is 12.4 Å². The SMILES string of the molecule is Nc1nc2c(c(N3CCN(CCOc4cccc(CC(=O)O)c4)CC3)n1)CCc1cc(OCc3ccc(Cl)cc3)ccc1-2. The Kier molecular flexibility index (Phi) is 8.62. The second kappa shape index (κ2) is 12.9. The van der Waals surface area contributed by atoms with Crippen LogP contribution in [0.3, 0.4) is 0 Å². The lowest BCUT2D eigenvalue weighted by atomic mass is 9.88. The standard InChI is InChI=1S/C33H34ClN5O4/c34-25-7-4-22(5-8-25)21-43-27-9-11-28-24(20-27)6-10-29-31(28)36-33(35)37-32(29)39-14-12-38(13-15-39)16-17-42-26-3-1-2-23(18-26)19-30(40)41/h1-5,7-9,11,18,20H,6,10,12-17,19,21H2,(H,40,41)(H2,35,36,37). The highest BCUT2D eigenvalue weighted by atomic mass is 35.5. The Labute approximate surface area is 255 Å². The number of aliphatic carboxylic acids is 1. The summed E-state index contributed by atoms with van der Waals surface area (Å²) in [5, 5.41) is 9.74. The summed E-state index contributed by atoms with van der Waals surface area (Å²) in [7, 11) is 0. The molecule has 4 aromatic rings. The van der Waals surface area contributed by atoms with Gasteiger partial charge in [0.15, 0.2) is 0 Å². The first-order valence-corrected chi connectivity index (χ1v) is 14.9. The maximum Gasteiger partial charge on any atom is 0.307 e. The number of nitrogen functional groups attached to an aromatic ring is 1. The fraction of sp³-hybridized carbons (Fsp3) is 0.303. The Morgan fingerprint density at radius 2 is 1.70 bits per heavy atom. The highest BCUT2D eigenvalue weighted by Gasteiger charge is 2.27. The second-order valence-corrected chi connectivity index (χ2v) is 11.3. The molecule has 0 amide bonds. The fourth-order valence-electron chi connectivity index (χ4n) is 5.70. The molecule has 0 atom stereocenters. The first-order chi connectivity index (χ1) is 20.9. The molecule has 1 aliphatic heterocycles. The van der Waals surface area contributed by atoms with Crippen LogP contribution in [0.4, 0.5) is 11.8 Å². The van der Waals surface area contributed by atoms with Gasteiger partial charge in [-0.1, -0.05) is 35.9 Å². The van der Waals surface area contributed by atoms with Crippen LogP contribution in [0, 0.1) is 0 Å². The van der Waals surface area contributed by atoms with Crippen LogP contribution in [0.15, 0.2) is 66.7 Å². The van der Waals surface area contributed by atoms with Gasteiger partial charge >= 0.3 is 5.97 Å². The van der Waals surface area contributed by atoms with Crippen molar-refractivity contribution in [1.82, 2.24) is 14.9 Å². The molecule has 3 aromatic carbocycles. The van der Waals surface area contributed by atoms with Gasteiger partial charge in [-0.3, -0.25) is 9.69 Å². The minimum absolute atomic E-state index is 0.0113. The van der Waals surface area contributed by atoms with Gasteiger partial charge in [0.1, 0.15) is 30.5 Å². The van der Waals surface area contributed by atoms with Crippen LogP contribution in [0.25, 0.3) is 11.3 Å². The topological polar surface area (TPSA) is 114 Å². The van der Waals surface area contributed by atoms with Crippen LogP contribution in [-0.4, -0.2) is 65.3 Å². The summed E-state index contributed by atoms with van der Waals surface area (Å²) in [5.41, 5.74) is 12.4. The minimum Gasteiger partial charge on any atom is -0.492 e. The highest BCUT2D eigenvalue weighted by molar-refractivity contribution is 6.30.